The van der Waals surface area contributed by atoms with Crippen LogP contribution in [-0.2, 0) is 0 Å². The van der Waals surface area contributed by atoms with Gasteiger partial charge in [0.15, 0.2) is 0 Å². The van der Waals surface area contributed by atoms with Gasteiger partial charge in [-0.15, -0.1) is 0 Å². The molecular formula is C8H18BrN. The van der Waals surface area contributed by atoms with Crippen molar-refractivity contribution in [2.24, 2.45) is 0 Å². The predicted molar refractivity (Wildman–Crippen MR) is 50.7 cm³/mol. The van der Waals surface area contributed by atoms with E-state index in [1.807, 2.05) is 0 Å². The Bertz CT molecular complexity index is 71.3. The number of rotatable bonds is 4. The minimum absolute atomic E-state index is 0.598. The molecule has 10 heavy (non-hydrogen) atoms. The van der Waals surface area contributed by atoms with Crippen LogP contribution in [0.4, 0.5) is 0 Å². The van der Waals surface area contributed by atoms with Gasteiger partial charge >= 0.3 is 0 Å². The summed E-state index contributed by atoms with van der Waals surface area (Å²) in [5, 5.41) is 3.44. The molecule has 0 radical (unpaired) electrons. The SMILES string of the molecule is CC(Br)CC(C)NC(C)C. The van der Waals surface area contributed by atoms with E-state index < -0.39 is 0 Å². The second-order valence-electron chi connectivity index (χ2n) is 3.24. The Balaban J connectivity index is 3.34. The van der Waals surface area contributed by atoms with Crippen molar-refractivity contribution >= 4 is 15.9 Å². The lowest BCUT2D eigenvalue weighted by Crippen LogP contribution is -2.33. The highest BCUT2D eigenvalue weighted by Gasteiger charge is 2.05. The van der Waals surface area contributed by atoms with Crippen LogP contribution in [0.3, 0.4) is 0 Å². The molecule has 0 aliphatic rings. The maximum Gasteiger partial charge on any atom is 0.0132 e. The number of halogens is 1. The molecule has 1 nitrogen and oxygen atoms in total. The Hall–Kier alpha value is 0.440. The van der Waals surface area contributed by atoms with E-state index in [0.29, 0.717) is 16.9 Å². The fourth-order valence-corrected chi connectivity index (χ4v) is 1.68. The lowest BCUT2D eigenvalue weighted by atomic mass is 10.2. The molecule has 2 atom stereocenters. The van der Waals surface area contributed by atoms with Crippen molar-refractivity contribution in [3.8, 4) is 0 Å². The Labute approximate surface area is 72.7 Å². The van der Waals surface area contributed by atoms with E-state index in [0.717, 1.165) is 0 Å². The van der Waals surface area contributed by atoms with Crippen LogP contribution in [0.25, 0.3) is 0 Å². The van der Waals surface area contributed by atoms with Crippen LogP contribution in [0.5, 0.6) is 0 Å². The van der Waals surface area contributed by atoms with Gasteiger partial charge in [0.25, 0.3) is 0 Å². The van der Waals surface area contributed by atoms with E-state index in [1.54, 1.807) is 0 Å². The molecule has 62 valence electrons. The van der Waals surface area contributed by atoms with Crippen LogP contribution in [0.1, 0.15) is 34.1 Å². The van der Waals surface area contributed by atoms with Crippen LogP contribution in [-0.4, -0.2) is 16.9 Å². The summed E-state index contributed by atoms with van der Waals surface area (Å²) in [6, 6.07) is 1.22. The van der Waals surface area contributed by atoms with Crippen molar-refractivity contribution in [2.75, 3.05) is 0 Å². The molecule has 0 amide bonds. The Morgan fingerprint density at radius 3 is 2.00 bits per heavy atom. The lowest BCUT2D eigenvalue weighted by Gasteiger charge is -2.17. The van der Waals surface area contributed by atoms with Crippen molar-refractivity contribution < 1.29 is 0 Å². The smallest absolute Gasteiger partial charge is 0.0132 e. The molecule has 1 N–H and O–H groups in total. The van der Waals surface area contributed by atoms with Crippen molar-refractivity contribution in [1.29, 1.82) is 0 Å². The summed E-state index contributed by atoms with van der Waals surface area (Å²) in [7, 11) is 0. The minimum atomic E-state index is 0.598. The third kappa shape index (κ3) is 6.56. The highest BCUT2D eigenvalue weighted by molar-refractivity contribution is 9.09. The van der Waals surface area contributed by atoms with Crippen molar-refractivity contribution in [1.82, 2.24) is 5.32 Å². The van der Waals surface area contributed by atoms with Crippen molar-refractivity contribution in [2.45, 2.75) is 51.0 Å². The molecule has 2 unspecified atom stereocenters. The molecule has 0 aliphatic carbocycles. The van der Waals surface area contributed by atoms with Gasteiger partial charge in [0.05, 0.1) is 0 Å². The highest BCUT2D eigenvalue weighted by atomic mass is 79.9. The van der Waals surface area contributed by atoms with Gasteiger partial charge in [-0.1, -0.05) is 36.7 Å². The third-order valence-electron chi connectivity index (χ3n) is 1.30. The van der Waals surface area contributed by atoms with Gasteiger partial charge in [-0.3, -0.25) is 0 Å². The second kappa shape index (κ2) is 5.14. The maximum absolute atomic E-state index is 3.52. The highest BCUT2D eigenvalue weighted by Crippen LogP contribution is 2.06. The summed E-state index contributed by atoms with van der Waals surface area (Å²) < 4.78 is 0. The molecule has 0 bridgehead atoms. The average molecular weight is 208 g/mol. The van der Waals surface area contributed by atoms with Gasteiger partial charge in [0, 0.05) is 16.9 Å². The van der Waals surface area contributed by atoms with Crippen LogP contribution >= 0.6 is 15.9 Å². The Kier molecular flexibility index (Phi) is 5.36. The zero-order valence-electron chi connectivity index (χ0n) is 7.32. The van der Waals surface area contributed by atoms with E-state index in [-0.39, 0.29) is 0 Å². The lowest BCUT2D eigenvalue weighted by molar-refractivity contribution is 0.467. The number of hydrogen-bond acceptors (Lipinski definition) is 1. The predicted octanol–water partition coefficient (Wildman–Crippen LogP) is 2.55. The fourth-order valence-electron chi connectivity index (χ4n) is 1.12. The van der Waals surface area contributed by atoms with E-state index in [4.69, 9.17) is 0 Å². The maximum atomic E-state index is 3.52. The zero-order chi connectivity index (χ0) is 8.15. The van der Waals surface area contributed by atoms with Gasteiger partial charge in [0.1, 0.15) is 0 Å². The van der Waals surface area contributed by atoms with Gasteiger partial charge in [0.2, 0.25) is 0 Å². The summed E-state index contributed by atoms with van der Waals surface area (Å²) in [5.74, 6) is 0. The fraction of sp³-hybridized carbons (Fsp3) is 1.00. The number of nitrogens with one attached hydrogen (secondary N) is 1. The van der Waals surface area contributed by atoms with Crippen LogP contribution < -0.4 is 5.32 Å². The summed E-state index contributed by atoms with van der Waals surface area (Å²) >= 11 is 3.52. The Morgan fingerprint density at radius 2 is 1.70 bits per heavy atom. The molecule has 0 aromatic rings. The van der Waals surface area contributed by atoms with Gasteiger partial charge in [-0.2, -0.15) is 0 Å². The summed E-state index contributed by atoms with van der Waals surface area (Å²) in [4.78, 5) is 0.619. The first-order valence-electron chi connectivity index (χ1n) is 3.92. The molecule has 0 saturated heterocycles. The molecule has 0 spiro atoms. The molecule has 0 aromatic heterocycles. The summed E-state index contributed by atoms with van der Waals surface area (Å²) in [6.07, 6.45) is 1.19. The monoisotopic (exact) mass is 207 g/mol. The quantitative estimate of drug-likeness (QED) is 0.700. The summed E-state index contributed by atoms with van der Waals surface area (Å²) in [5.41, 5.74) is 0. The normalized spacial score (nSPS) is 17.4. The largest absolute Gasteiger partial charge is 0.312 e. The first-order valence-corrected chi connectivity index (χ1v) is 4.84. The molecule has 0 aliphatic heterocycles. The van der Waals surface area contributed by atoms with Gasteiger partial charge in [-0.25, -0.2) is 0 Å². The van der Waals surface area contributed by atoms with Crippen molar-refractivity contribution in [3.63, 3.8) is 0 Å². The summed E-state index contributed by atoms with van der Waals surface area (Å²) in [6.45, 7) is 8.75. The molecule has 2 heteroatoms. The van der Waals surface area contributed by atoms with E-state index in [1.165, 1.54) is 6.42 Å². The van der Waals surface area contributed by atoms with E-state index in [2.05, 4.69) is 48.9 Å². The van der Waals surface area contributed by atoms with E-state index in [9.17, 15) is 0 Å². The topological polar surface area (TPSA) is 12.0 Å². The molecule has 0 aromatic carbocycles. The third-order valence-corrected chi connectivity index (χ3v) is 1.67. The van der Waals surface area contributed by atoms with Gasteiger partial charge in [-0.05, 0) is 13.3 Å². The first kappa shape index (κ1) is 10.4. The number of alkyl halides is 1. The van der Waals surface area contributed by atoms with Gasteiger partial charge < -0.3 is 5.32 Å². The Morgan fingerprint density at radius 1 is 1.20 bits per heavy atom. The minimum Gasteiger partial charge on any atom is -0.312 e. The van der Waals surface area contributed by atoms with Crippen LogP contribution in [0.2, 0.25) is 0 Å². The van der Waals surface area contributed by atoms with Crippen LogP contribution in [0, 0.1) is 0 Å². The molecule has 0 saturated carbocycles. The van der Waals surface area contributed by atoms with Crippen molar-refractivity contribution in [3.05, 3.63) is 0 Å². The molecular weight excluding hydrogens is 190 g/mol. The standard InChI is InChI=1S/C8H18BrN/c1-6(2)10-8(4)5-7(3)9/h6-8,10H,5H2,1-4H3. The zero-order valence-corrected chi connectivity index (χ0v) is 8.90. The molecule has 0 rings (SSSR count). The first-order chi connectivity index (χ1) is 4.52. The van der Waals surface area contributed by atoms with Crippen LogP contribution in [0.15, 0.2) is 0 Å². The average Bonchev–Trinajstić information content (AvgIpc) is 1.58. The second-order valence-corrected chi connectivity index (χ2v) is 4.80. The molecule has 0 heterocycles. The molecule has 0 fully saturated rings. The number of hydrogen-bond donors (Lipinski definition) is 1. The van der Waals surface area contributed by atoms with E-state index >= 15 is 0 Å².